The van der Waals surface area contributed by atoms with Gasteiger partial charge in [-0.1, -0.05) is 15.9 Å². The van der Waals surface area contributed by atoms with E-state index in [9.17, 15) is 12.8 Å². The predicted octanol–water partition coefficient (Wildman–Crippen LogP) is 2.82. The minimum absolute atomic E-state index is 0.280. The van der Waals surface area contributed by atoms with Gasteiger partial charge in [0.15, 0.2) is 0 Å². The number of hydrogen-bond acceptors (Lipinski definition) is 2. The van der Waals surface area contributed by atoms with Crippen LogP contribution in [0.3, 0.4) is 0 Å². The van der Waals surface area contributed by atoms with E-state index in [1.165, 1.54) is 13.0 Å². The summed E-state index contributed by atoms with van der Waals surface area (Å²) in [6.07, 6.45) is 0. The van der Waals surface area contributed by atoms with E-state index in [-0.39, 0.29) is 5.56 Å². The van der Waals surface area contributed by atoms with E-state index in [1.807, 2.05) is 0 Å². The fourth-order valence-corrected chi connectivity index (χ4v) is 2.86. The standard InChI is InChI=1S/C7H5BrClFO2S/c1-4-2-5(8)3-6(10)7(4)13(9,11)12/h2-3H,1H3. The van der Waals surface area contributed by atoms with Gasteiger partial charge in [-0.2, -0.15) is 0 Å². The first-order chi connectivity index (χ1) is 5.82. The normalized spacial score (nSPS) is 11.7. The summed E-state index contributed by atoms with van der Waals surface area (Å²) in [6, 6.07) is 2.54. The Labute approximate surface area is 88.3 Å². The first-order valence-electron chi connectivity index (χ1n) is 3.22. The zero-order valence-electron chi connectivity index (χ0n) is 6.51. The Balaban J connectivity index is 3.57. The molecular weight excluding hydrogens is 282 g/mol. The molecule has 0 spiro atoms. The second kappa shape index (κ2) is 3.55. The van der Waals surface area contributed by atoms with Crippen molar-refractivity contribution in [3.05, 3.63) is 28.0 Å². The molecule has 1 rings (SSSR count). The highest BCUT2D eigenvalue weighted by molar-refractivity contribution is 9.10. The lowest BCUT2D eigenvalue weighted by Gasteiger charge is -2.03. The zero-order chi connectivity index (χ0) is 10.2. The molecule has 72 valence electrons. The van der Waals surface area contributed by atoms with E-state index in [2.05, 4.69) is 15.9 Å². The van der Waals surface area contributed by atoms with Crippen molar-refractivity contribution in [3.8, 4) is 0 Å². The van der Waals surface area contributed by atoms with Gasteiger partial charge in [-0.15, -0.1) is 0 Å². The predicted molar refractivity (Wildman–Crippen MR) is 51.9 cm³/mol. The lowest BCUT2D eigenvalue weighted by Crippen LogP contribution is -1.98. The second-order valence-corrected chi connectivity index (χ2v) is 5.89. The summed E-state index contributed by atoms with van der Waals surface area (Å²) in [5.74, 6) is -0.845. The molecule has 0 radical (unpaired) electrons. The number of rotatable bonds is 1. The van der Waals surface area contributed by atoms with Crippen molar-refractivity contribution in [2.24, 2.45) is 0 Å². The van der Waals surface area contributed by atoms with Gasteiger partial charge in [-0.25, -0.2) is 12.8 Å². The van der Waals surface area contributed by atoms with E-state index >= 15 is 0 Å². The second-order valence-electron chi connectivity index (χ2n) is 2.47. The highest BCUT2D eigenvalue weighted by Gasteiger charge is 2.19. The van der Waals surface area contributed by atoms with Crippen LogP contribution in [0.15, 0.2) is 21.5 Å². The molecule has 0 saturated heterocycles. The highest BCUT2D eigenvalue weighted by Crippen LogP contribution is 2.26. The summed E-state index contributed by atoms with van der Waals surface area (Å²) in [5, 5.41) is 0. The molecule has 0 atom stereocenters. The first kappa shape index (κ1) is 10.9. The molecule has 1 aromatic rings. The summed E-state index contributed by atoms with van der Waals surface area (Å²) in [7, 11) is 1.03. The summed E-state index contributed by atoms with van der Waals surface area (Å²) >= 11 is 3.04. The van der Waals surface area contributed by atoms with Crippen molar-refractivity contribution >= 4 is 35.7 Å². The number of benzene rings is 1. The summed E-state index contributed by atoms with van der Waals surface area (Å²) in [4.78, 5) is -0.461. The third-order valence-electron chi connectivity index (χ3n) is 1.44. The molecule has 0 heterocycles. The Hall–Kier alpha value is -0.130. The molecule has 0 saturated carbocycles. The van der Waals surface area contributed by atoms with Gasteiger partial charge in [-0.3, -0.25) is 0 Å². The van der Waals surface area contributed by atoms with E-state index < -0.39 is 19.8 Å². The maximum Gasteiger partial charge on any atom is 0.264 e. The molecule has 0 amide bonds. The minimum Gasteiger partial charge on any atom is -0.207 e. The number of halogens is 3. The lowest BCUT2D eigenvalue weighted by atomic mass is 10.2. The number of aryl methyl sites for hydroxylation is 1. The van der Waals surface area contributed by atoms with Crippen LogP contribution >= 0.6 is 26.6 Å². The smallest absolute Gasteiger partial charge is 0.207 e. The van der Waals surface area contributed by atoms with Gasteiger partial charge in [0.1, 0.15) is 10.7 Å². The lowest BCUT2D eigenvalue weighted by molar-refractivity contribution is 0.572. The molecule has 0 N–H and O–H groups in total. The van der Waals surface area contributed by atoms with Crippen LogP contribution in [0.25, 0.3) is 0 Å². The van der Waals surface area contributed by atoms with Crippen molar-refractivity contribution in [1.82, 2.24) is 0 Å². The monoisotopic (exact) mass is 286 g/mol. The largest absolute Gasteiger partial charge is 0.264 e. The Morgan fingerprint density at radius 2 is 2.00 bits per heavy atom. The third-order valence-corrected chi connectivity index (χ3v) is 3.36. The van der Waals surface area contributed by atoms with Crippen LogP contribution in [-0.2, 0) is 9.05 Å². The minimum atomic E-state index is -4.00. The zero-order valence-corrected chi connectivity index (χ0v) is 9.67. The van der Waals surface area contributed by atoms with E-state index in [0.717, 1.165) is 6.07 Å². The van der Waals surface area contributed by atoms with Crippen LogP contribution in [0.4, 0.5) is 4.39 Å². The molecule has 1 aromatic carbocycles. The van der Waals surface area contributed by atoms with Gasteiger partial charge in [0, 0.05) is 15.2 Å². The highest BCUT2D eigenvalue weighted by atomic mass is 79.9. The van der Waals surface area contributed by atoms with Gasteiger partial charge in [-0.05, 0) is 24.6 Å². The fourth-order valence-electron chi connectivity index (χ4n) is 0.998. The fraction of sp³-hybridized carbons (Fsp3) is 0.143. The third kappa shape index (κ3) is 2.42. The number of hydrogen-bond donors (Lipinski definition) is 0. The van der Waals surface area contributed by atoms with Crippen LogP contribution in [0.5, 0.6) is 0 Å². The SMILES string of the molecule is Cc1cc(Br)cc(F)c1S(=O)(=O)Cl. The molecule has 0 aliphatic heterocycles. The van der Waals surface area contributed by atoms with Crippen molar-refractivity contribution in [1.29, 1.82) is 0 Å². The van der Waals surface area contributed by atoms with Gasteiger partial charge < -0.3 is 0 Å². The van der Waals surface area contributed by atoms with Crippen molar-refractivity contribution in [3.63, 3.8) is 0 Å². The van der Waals surface area contributed by atoms with E-state index in [0.29, 0.717) is 4.47 Å². The molecule has 0 aromatic heterocycles. The Bertz CT molecular complexity index is 421. The van der Waals surface area contributed by atoms with Crippen molar-refractivity contribution in [2.75, 3.05) is 0 Å². The maximum atomic E-state index is 13.1. The van der Waals surface area contributed by atoms with Gasteiger partial charge in [0.25, 0.3) is 9.05 Å². The Kier molecular flexibility index (Phi) is 2.99. The molecule has 0 aliphatic rings. The quantitative estimate of drug-likeness (QED) is 0.744. The molecule has 13 heavy (non-hydrogen) atoms. The molecular formula is C7H5BrClFO2S. The summed E-state index contributed by atoms with van der Waals surface area (Å²) < 4.78 is 35.4. The Morgan fingerprint density at radius 3 is 2.38 bits per heavy atom. The van der Waals surface area contributed by atoms with Crippen LogP contribution in [0.2, 0.25) is 0 Å². The van der Waals surface area contributed by atoms with Crippen LogP contribution in [0.1, 0.15) is 5.56 Å². The van der Waals surface area contributed by atoms with Crippen LogP contribution in [0, 0.1) is 12.7 Å². The van der Waals surface area contributed by atoms with Crippen LogP contribution in [-0.4, -0.2) is 8.42 Å². The van der Waals surface area contributed by atoms with Crippen LogP contribution < -0.4 is 0 Å². The van der Waals surface area contributed by atoms with Crippen molar-refractivity contribution in [2.45, 2.75) is 11.8 Å². The van der Waals surface area contributed by atoms with E-state index in [4.69, 9.17) is 10.7 Å². The molecule has 6 heteroatoms. The van der Waals surface area contributed by atoms with E-state index in [1.54, 1.807) is 0 Å². The first-order valence-corrected chi connectivity index (χ1v) is 6.33. The molecule has 2 nitrogen and oxygen atoms in total. The summed E-state index contributed by atoms with van der Waals surface area (Å²) in [6.45, 7) is 1.48. The van der Waals surface area contributed by atoms with Gasteiger partial charge in [0.2, 0.25) is 0 Å². The average molecular weight is 288 g/mol. The van der Waals surface area contributed by atoms with Crippen molar-refractivity contribution < 1.29 is 12.8 Å². The topological polar surface area (TPSA) is 34.1 Å². The van der Waals surface area contributed by atoms with Gasteiger partial charge in [0.05, 0.1) is 0 Å². The average Bonchev–Trinajstić information content (AvgIpc) is 1.78. The summed E-state index contributed by atoms with van der Waals surface area (Å²) in [5.41, 5.74) is 0.280. The molecule has 0 bridgehead atoms. The molecule has 0 aliphatic carbocycles. The molecule has 0 fully saturated rings. The van der Waals surface area contributed by atoms with Gasteiger partial charge >= 0.3 is 0 Å². The molecule has 0 unspecified atom stereocenters. The maximum absolute atomic E-state index is 13.1. The Morgan fingerprint density at radius 1 is 1.46 bits per heavy atom.